The van der Waals surface area contributed by atoms with E-state index in [1.807, 2.05) is 30.3 Å². The Labute approximate surface area is 203 Å². The van der Waals surface area contributed by atoms with Gasteiger partial charge in [0.2, 0.25) is 17.8 Å². The Hall–Kier alpha value is -4.31. The Kier molecular flexibility index (Phi) is 6.36. The Bertz CT molecular complexity index is 1360. The molecular formula is C25H19FN4O4S. The van der Waals surface area contributed by atoms with Crippen LogP contribution in [-0.4, -0.2) is 34.8 Å². The maximum absolute atomic E-state index is 13.2. The number of amides is 2. The van der Waals surface area contributed by atoms with Gasteiger partial charge in [-0.05, 0) is 48.0 Å². The minimum absolute atomic E-state index is 0.0984. The number of hydrogen-bond donors (Lipinski definition) is 2. The molecule has 3 aromatic carbocycles. The van der Waals surface area contributed by atoms with Gasteiger partial charge in [0.15, 0.2) is 11.5 Å². The number of rotatable bonds is 7. The lowest BCUT2D eigenvalue weighted by Crippen LogP contribution is -2.45. The smallest absolute Gasteiger partial charge is 0.252 e. The molecule has 0 aliphatic carbocycles. The molecule has 4 aromatic rings. The third kappa shape index (κ3) is 5.28. The molecule has 5 rings (SSSR count). The van der Waals surface area contributed by atoms with Gasteiger partial charge >= 0.3 is 0 Å². The van der Waals surface area contributed by atoms with Crippen LogP contribution in [0.3, 0.4) is 0 Å². The van der Waals surface area contributed by atoms with Crippen LogP contribution in [0.25, 0.3) is 10.6 Å². The van der Waals surface area contributed by atoms with Crippen LogP contribution < -0.4 is 20.1 Å². The molecule has 0 saturated heterocycles. The monoisotopic (exact) mass is 490 g/mol. The number of carbonyl (C=O) groups excluding carboxylic acids is 2. The lowest BCUT2D eigenvalue weighted by atomic mass is 10.0. The highest BCUT2D eigenvalue weighted by Gasteiger charge is 2.24. The first-order chi connectivity index (χ1) is 17.0. The number of fused-ring (bicyclic) bond motifs is 1. The standard InChI is InChI=1S/C25H19FN4O4S/c26-18-9-6-16(7-10-18)24-29-30-25(35-24)28-23(32)19(12-15-4-2-1-3-5-15)27-22(31)17-8-11-20-21(13-17)34-14-33-20/h1-11,13,19H,12,14H2,(H,27,31)(H,28,30,32). The number of ether oxygens (including phenoxy) is 2. The molecule has 10 heteroatoms. The highest BCUT2D eigenvalue weighted by molar-refractivity contribution is 7.18. The van der Waals surface area contributed by atoms with E-state index < -0.39 is 17.9 Å². The van der Waals surface area contributed by atoms with Crippen molar-refractivity contribution in [2.24, 2.45) is 0 Å². The van der Waals surface area contributed by atoms with E-state index in [0.717, 1.165) is 16.9 Å². The predicted molar refractivity (Wildman–Crippen MR) is 128 cm³/mol. The van der Waals surface area contributed by atoms with Crippen LogP contribution in [0.1, 0.15) is 15.9 Å². The summed E-state index contributed by atoms with van der Waals surface area (Å²) in [5.74, 6) is -0.181. The van der Waals surface area contributed by atoms with Crippen LogP contribution in [0.15, 0.2) is 72.8 Å². The SMILES string of the molecule is O=C(NC(Cc1ccccc1)C(=O)Nc1nnc(-c2ccc(F)cc2)s1)c1ccc2c(c1)OCO2. The zero-order chi connectivity index (χ0) is 24.2. The number of anilines is 1. The van der Waals surface area contributed by atoms with Crippen molar-refractivity contribution in [3.05, 3.63) is 89.7 Å². The number of nitrogens with zero attached hydrogens (tertiary/aromatic N) is 2. The van der Waals surface area contributed by atoms with Crippen LogP contribution in [0.2, 0.25) is 0 Å². The molecule has 8 nitrogen and oxygen atoms in total. The minimum Gasteiger partial charge on any atom is -0.454 e. The summed E-state index contributed by atoms with van der Waals surface area (Å²) >= 11 is 1.15. The first kappa shape index (κ1) is 22.5. The van der Waals surface area contributed by atoms with Crippen molar-refractivity contribution in [2.75, 3.05) is 12.1 Å². The highest BCUT2D eigenvalue weighted by atomic mass is 32.1. The Morgan fingerprint density at radius 1 is 0.971 bits per heavy atom. The van der Waals surface area contributed by atoms with E-state index in [-0.39, 0.29) is 24.2 Å². The van der Waals surface area contributed by atoms with E-state index in [1.165, 1.54) is 12.1 Å². The van der Waals surface area contributed by atoms with Gasteiger partial charge in [0.25, 0.3) is 5.91 Å². The van der Waals surface area contributed by atoms with E-state index in [1.54, 1.807) is 30.3 Å². The second-order valence-corrected chi connectivity index (χ2v) is 8.67. The normalized spacial score (nSPS) is 12.7. The molecule has 2 N–H and O–H groups in total. The first-order valence-corrected chi connectivity index (χ1v) is 11.5. The zero-order valence-electron chi connectivity index (χ0n) is 18.2. The molecule has 1 aromatic heterocycles. The van der Waals surface area contributed by atoms with Gasteiger partial charge in [-0.3, -0.25) is 14.9 Å². The van der Waals surface area contributed by atoms with Gasteiger partial charge in [-0.25, -0.2) is 4.39 Å². The molecule has 176 valence electrons. The van der Waals surface area contributed by atoms with Crippen molar-refractivity contribution in [2.45, 2.75) is 12.5 Å². The van der Waals surface area contributed by atoms with Crippen LogP contribution in [0, 0.1) is 5.82 Å². The molecule has 2 amide bonds. The fourth-order valence-corrected chi connectivity index (χ4v) is 4.27. The number of carbonyl (C=O) groups is 2. The lowest BCUT2D eigenvalue weighted by Gasteiger charge is -2.18. The fraction of sp³-hybridized carbons (Fsp3) is 0.120. The van der Waals surface area contributed by atoms with Crippen molar-refractivity contribution in [3.8, 4) is 22.1 Å². The summed E-state index contributed by atoms with van der Waals surface area (Å²) in [5, 5.41) is 14.4. The molecule has 0 radical (unpaired) electrons. The first-order valence-electron chi connectivity index (χ1n) is 10.7. The summed E-state index contributed by atoms with van der Waals surface area (Å²) in [6.07, 6.45) is 0.270. The number of nitrogens with one attached hydrogen (secondary N) is 2. The van der Waals surface area contributed by atoms with Crippen molar-refractivity contribution in [3.63, 3.8) is 0 Å². The summed E-state index contributed by atoms with van der Waals surface area (Å²) in [4.78, 5) is 26.2. The minimum atomic E-state index is -0.881. The molecule has 1 aliphatic rings. The number of hydrogen-bond acceptors (Lipinski definition) is 7. The molecule has 0 saturated carbocycles. The van der Waals surface area contributed by atoms with Crippen molar-refractivity contribution in [1.29, 1.82) is 0 Å². The molecule has 0 fully saturated rings. The van der Waals surface area contributed by atoms with Gasteiger partial charge in [0, 0.05) is 17.5 Å². The third-order valence-corrected chi connectivity index (χ3v) is 6.17. The summed E-state index contributed by atoms with van der Waals surface area (Å²) in [6, 6.07) is 19.2. The molecule has 1 atom stereocenters. The number of halogens is 1. The molecule has 2 heterocycles. The largest absolute Gasteiger partial charge is 0.454 e. The van der Waals surface area contributed by atoms with Gasteiger partial charge in [0.1, 0.15) is 16.9 Å². The third-order valence-electron chi connectivity index (χ3n) is 5.29. The van der Waals surface area contributed by atoms with Crippen molar-refractivity contribution in [1.82, 2.24) is 15.5 Å². The fourth-order valence-electron chi connectivity index (χ4n) is 3.51. The lowest BCUT2D eigenvalue weighted by molar-refractivity contribution is -0.118. The molecular weight excluding hydrogens is 471 g/mol. The zero-order valence-corrected chi connectivity index (χ0v) is 19.0. The van der Waals surface area contributed by atoms with Crippen LogP contribution >= 0.6 is 11.3 Å². The summed E-state index contributed by atoms with van der Waals surface area (Å²) in [5.41, 5.74) is 1.90. The van der Waals surface area contributed by atoms with Gasteiger partial charge in [0.05, 0.1) is 0 Å². The summed E-state index contributed by atoms with van der Waals surface area (Å²) in [7, 11) is 0. The molecule has 1 aliphatic heterocycles. The van der Waals surface area contributed by atoms with Gasteiger partial charge in [-0.15, -0.1) is 10.2 Å². The van der Waals surface area contributed by atoms with Gasteiger partial charge in [-0.2, -0.15) is 0 Å². The maximum atomic E-state index is 13.2. The molecule has 0 spiro atoms. The Balaban J connectivity index is 1.33. The van der Waals surface area contributed by atoms with Crippen molar-refractivity contribution >= 4 is 28.3 Å². The van der Waals surface area contributed by atoms with Gasteiger partial charge in [-0.1, -0.05) is 41.7 Å². The second kappa shape index (κ2) is 9.90. The summed E-state index contributed by atoms with van der Waals surface area (Å²) < 4.78 is 23.8. The maximum Gasteiger partial charge on any atom is 0.252 e. The highest BCUT2D eigenvalue weighted by Crippen LogP contribution is 2.32. The summed E-state index contributed by atoms with van der Waals surface area (Å²) in [6.45, 7) is 0.0984. The topological polar surface area (TPSA) is 102 Å². The van der Waals surface area contributed by atoms with E-state index in [4.69, 9.17) is 9.47 Å². The second-order valence-electron chi connectivity index (χ2n) is 7.69. The predicted octanol–water partition coefficient (Wildman–Crippen LogP) is 4.05. The average Bonchev–Trinajstić information content (AvgIpc) is 3.54. The van der Waals surface area contributed by atoms with E-state index in [2.05, 4.69) is 20.8 Å². The van der Waals surface area contributed by atoms with E-state index in [0.29, 0.717) is 27.6 Å². The number of aromatic nitrogens is 2. The van der Waals surface area contributed by atoms with Crippen LogP contribution in [0.4, 0.5) is 9.52 Å². The molecule has 1 unspecified atom stereocenters. The van der Waals surface area contributed by atoms with Crippen LogP contribution in [-0.2, 0) is 11.2 Å². The van der Waals surface area contributed by atoms with E-state index >= 15 is 0 Å². The quantitative estimate of drug-likeness (QED) is 0.405. The average molecular weight is 491 g/mol. The Morgan fingerprint density at radius 2 is 1.74 bits per heavy atom. The van der Waals surface area contributed by atoms with Crippen LogP contribution in [0.5, 0.6) is 11.5 Å². The van der Waals surface area contributed by atoms with Gasteiger partial charge < -0.3 is 14.8 Å². The van der Waals surface area contributed by atoms with Crippen molar-refractivity contribution < 1.29 is 23.5 Å². The Morgan fingerprint density at radius 3 is 2.54 bits per heavy atom. The molecule has 0 bridgehead atoms. The van der Waals surface area contributed by atoms with E-state index in [9.17, 15) is 14.0 Å². The number of benzene rings is 3. The molecule has 35 heavy (non-hydrogen) atoms.